The highest BCUT2D eigenvalue weighted by Crippen LogP contribution is 2.21. The maximum atomic E-state index is 4.72. The highest BCUT2D eigenvalue weighted by molar-refractivity contribution is 5.82. The van der Waals surface area contributed by atoms with Gasteiger partial charge in [-0.25, -0.2) is 0 Å². The third kappa shape index (κ3) is 2.97. The highest BCUT2D eigenvalue weighted by atomic mass is 15.3. The maximum Gasteiger partial charge on any atom is 0.191 e. The van der Waals surface area contributed by atoms with Crippen molar-refractivity contribution in [1.82, 2.24) is 16.0 Å². The molecule has 3 fully saturated rings. The van der Waals surface area contributed by atoms with Crippen molar-refractivity contribution in [2.45, 2.75) is 57.0 Å². The zero-order valence-electron chi connectivity index (χ0n) is 11.3. The van der Waals surface area contributed by atoms with Crippen LogP contribution in [0.25, 0.3) is 0 Å². The molecule has 0 aromatic rings. The van der Waals surface area contributed by atoms with Crippen LogP contribution >= 0.6 is 0 Å². The summed E-state index contributed by atoms with van der Waals surface area (Å²) >= 11 is 0. The van der Waals surface area contributed by atoms with Gasteiger partial charge in [-0.1, -0.05) is 12.8 Å². The van der Waals surface area contributed by atoms with Crippen molar-refractivity contribution in [2.75, 3.05) is 19.6 Å². The lowest BCUT2D eigenvalue weighted by Gasteiger charge is -2.23. The van der Waals surface area contributed by atoms with Crippen LogP contribution in [0.2, 0.25) is 0 Å². The molecule has 0 aromatic carbocycles. The number of nitrogens with zero attached hydrogens (tertiary/aromatic N) is 1. The molecule has 0 amide bonds. The van der Waals surface area contributed by atoms with Crippen LogP contribution < -0.4 is 16.0 Å². The van der Waals surface area contributed by atoms with E-state index in [4.69, 9.17) is 4.99 Å². The van der Waals surface area contributed by atoms with Gasteiger partial charge in [0.25, 0.3) is 0 Å². The van der Waals surface area contributed by atoms with E-state index in [1.165, 1.54) is 58.0 Å². The van der Waals surface area contributed by atoms with Crippen molar-refractivity contribution in [1.29, 1.82) is 0 Å². The number of guanidine groups is 1. The second kappa shape index (κ2) is 5.91. The van der Waals surface area contributed by atoms with E-state index >= 15 is 0 Å². The van der Waals surface area contributed by atoms with Gasteiger partial charge in [0.2, 0.25) is 0 Å². The highest BCUT2D eigenvalue weighted by Gasteiger charge is 2.31. The zero-order chi connectivity index (χ0) is 12.2. The molecule has 0 bridgehead atoms. The van der Waals surface area contributed by atoms with E-state index in [0.717, 1.165) is 18.4 Å². The summed E-state index contributed by atoms with van der Waals surface area (Å²) in [6, 6.07) is 1.30. The van der Waals surface area contributed by atoms with E-state index in [1.54, 1.807) is 0 Å². The Hall–Kier alpha value is -0.770. The van der Waals surface area contributed by atoms with Gasteiger partial charge in [0.15, 0.2) is 5.96 Å². The van der Waals surface area contributed by atoms with E-state index in [0.29, 0.717) is 12.1 Å². The minimum absolute atomic E-state index is 0.649. The molecule has 0 radical (unpaired) electrons. The van der Waals surface area contributed by atoms with Crippen LogP contribution in [-0.2, 0) is 0 Å². The van der Waals surface area contributed by atoms with Gasteiger partial charge >= 0.3 is 0 Å². The Balaban J connectivity index is 1.42. The van der Waals surface area contributed by atoms with Crippen LogP contribution in [0.1, 0.15) is 44.9 Å². The minimum Gasteiger partial charge on any atom is -0.352 e. The van der Waals surface area contributed by atoms with Crippen LogP contribution in [-0.4, -0.2) is 37.7 Å². The number of hydrogen-bond acceptors (Lipinski definition) is 2. The molecule has 4 nitrogen and oxygen atoms in total. The van der Waals surface area contributed by atoms with Crippen LogP contribution in [0.4, 0.5) is 0 Å². The minimum atomic E-state index is 0.649. The maximum absolute atomic E-state index is 4.72. The lowest BCUT2D eigenvalue weighted by molar-refractivity contribution is 0.358. The molecule has 2 aliphatic heterocycles. The third-order valence-corrected chi connectivity index (χ3v) is 4.68. The standard InChI is InChI=1S/C14H26N4/c1-2-4-13-12(3-1)17-14(18-13)16-10-7-11-5-8-15-9-6-11/h11-13,15H,1-10H2,(H2,16,17,18). The monoisotopic (exact) mass is 250 g/mol. The summed E-state index contributed by atoms with van der Waals surface area (Å²) in [5.41, 5.74) is 0. The largest absolute Gasteiger partial charge is 0.352 e. The molecule has 1 aliphatic carbocycles. The molecular formula is C14H26N4. The first-order chi connectivity index (χ1) is 8.92. The quantitative estimate of drug-likeness (QED) is 0.706. The Bertz CT molecular complexity index is 280. The number of fused-ring (bicyclic) bond motifs is 1. The Morgan fingerprint density at radius 3 is 2.28 bits per heavy atom. The first-order valence-electron chi connectivity index (χ1n) is 7.70. The Morgan fingerprint density at radius 2 is 1.61 bits per heavy atom. The van der Waals surface area contributed by atoms with E-state index in [1.807, 2.05) is 0 Å². The predicted molar refractivity (Wildman–Crippen MR) is 74.8 cm³/mol. The van der Waals surface area contributed by atoms with E-state index in [9.17, 15) is 0 Å². The Morgan fingerprint density at radius 1 is 0.944 bits per heavy atom. The van der Waals surface area contributed by atoms with Gasteiger partial charge in [-0.05, 0) is 51.1 Å². The van der Waals surface area contributed by atoms with E-state index in [2.05, 4.69) is 16.0 Å². The fourth-order valence-corrected chi connectivity index (χ4v) is 3.49. The van der Waals surface area contributed by atoms with Gasteiger partial charge in [-0.15, -0.1) is 0 Å². The molecule has 3 aliphatic rings. The van der Waals surface area contributed by atoms with Crippen LogP contribution in [0.3, 0.4) is 0 Å². The Kier molecular flexibility index (Phi) is 4.03. The first kappa shape index (κ1) is 12.3. The van der Waals surface area contributed by atoms with Crippen molar-refractivity contribution in [3.8, 4) is 0 Å². The molecule has 4 heteroatoms. The smallest absolute Gasteiger partial charge is 0.191 e. The molecular weight excluding hydrogens is 224 g/mol. The fourth-order valence-electron chi connectivity index (χ4n) is 3.49. The van der Waals surface area contributed by atoms with Gasteiger partial charge in [0, 0.05) is 18.6 Å². The third-order valence-electron chi connectivity index (χ3n) is 4.68. The van der Waals surface area contributed by atoms with Crippen molar-refractivity contribution >= 4 is 5.96 Å². The average molecular weight is 250 g/mol. The van der Waals surface area contributed by atoms with Gasteiger partial charge in [0.05, 0.1) is 0 Å². The van der Waals surface area contributed by atoms with Crippen LogP contribution in [0.5, 0.6) is 0 Å². The second-order valence-electron chi connectivity index (χ2n) is 6.00. The molecule has 102 valence electrons. The molecule has 2 atom stereocenters. The number of rotatable bonds is 3. The molecule has 1 saturated carbocycles. The first-order valence-corrected chi connectivity index (χ1v) is 7.70. The number of aliphatic imine (C=N–C) groups is 1. The summed E-state index contributed by atoms with van der Waals surface area (Å²) < 4.78 is 0. The molecule has 0 spiro atoms. The van der Waals surface area contributed by atoms with Gasteiger partial charge in [-0.3, -0.25) is 4.99 Å². The van der Waals surface area contributed by atoms with Gasteiger partial charge in [-0.2, -0.15) is 0 Å². The summed E-state index contributed by atoms with van der Waals surface area (Å²) in [4.78, 5) is 4.72. The van der Waals surface area contributed by atoms with Crippen LogP contribution in [0.15, 0.2) is 4.99 Å². The van der Waals surface area contributed by atoms with Crippen molar-refractivity contribution in [3.05, 3.63) is 0 Å². The molecule has 3 N–H and O–H groups in total. The Labute approximate surface area is 110 Å². The van der Waals surface area contributed by atoms with Crippen molar-refractivity contribution < 1.29 is 0 Å². The number of piperidine rings is 1. The second-order valence-corrected chi connectivity index (χ2v) is 6.00. The average Bonchev–Trinajstić information content (AvgIpc) is 2.82. The van der Waals surface area contributed by atoms with Crippen LogP contribution in [0, 0.1) is 5.92 Å². The summed E-state index contributed by atoms with van der Waals surface area (Å²) in [6.07, 6.45) is 9.28. The molecule has 0 aromatic heterocycles. The number of hydrogen-bond donors (Lipinski definition) is 3. The van der Waals surface area contributed by atoms with Gasteiger partial charge < -0.3 is 16.0 Å². The van der Waals surface area contributed by atoms with Crippen molar-refractivity contribution in [3.63, 3.8) is 0 Å². The lowest BCUT2D eigenvalue weighted by Crippen LogP contribution is -2.36. The van der Waals surface area contributed by atoms with E-state index < -0.39 is 0 Å². The molecule has 18 heavy (non-hydrogen) atoms. The zero-order valence-corrected chi connectivity index (χ0v) is 11.3. The summed E-state index contributed by atoms with van der Waals surface area (Å²) in [6.45, 7) is 3.38. The summed E-state index contributed by atoms with van der Waals surface area (Å²) in [5, 5.41) is 10.5. The molecule has 3 rings (SSSR count). The number of nitrogens with one attached hydrogen (secondary N) is 3. The predicted octanol–water partition coefficient (Wildman–Crippen LogP) is 1.24. The summed E-state index contributed by atoms with van der Waals surface area (Å²) in [5.74, 6) is 1.96. The normalized spacial score (nSPS) is 32.6. The van der Waals surface area contributed by atoms with Gasteiger partial charge in [0.1, 0.15) is 0 Å². The summed E-state index contributed by atoms with van der Waals surface area (Å²) in [7, 11) is 0. The molecule has 2 saturated heterocycles. The fraction of sp³-hybridized carbons (Fsp3) is 0.929. The van der Waals surface area contributed by atoms with E-state index in [-0.39, 0.29) is 0 Å². The molecule has 2 heterocycles. The molecule has 2 unspecified atom stereocenters. The SMILES string of the molecule is C1CCC2NC(=NCCC3CCNCC3)NC2C1. The van der Waals surface area contributed by atoms with Crippen molar-refractivity contribution in [2.24, 2.45) is 10.9 Å². The topological polar surface area (TPSA) is 48.5 Å². The lowest BCUT2D eigenvalue weighted by atomic mass is 9.92.